The number of aromatic nitrogens is 4. The quantitative estimate of drug-likeness (QED) is 0.707. The van der Waals surface area contributed by atoms with Crippen LogP contribution in [0.4, 0.5) is 5.82 Å². The predicted octanol–water partition coefficient (Wildman–Crippen LogP) is 0.604. The normalized spacial score (nSPS) is 10.2. The molecule has 0 saturated heterocycles. The van der Waals surface area contributed by atoms with Crippen molar-refractivity contribution in [3.05, 3.63) is 36.3 Å². The fraction of sp³-hybridized carbons (Fsp3) is 0.333. The van der Waals surface area contributed by atoms with Gasteiger partial charge in [0.1, 0.15) is 17.3 Å². The average Bonchev–Trinajstić information content (AvgIpc) is 2.92. The molecule has 0 radical (unpaired) electrons. The van der Waals surface area contributed by atoms with Gasteiger partial charge in [0.2, 0.25) is 0 Å². The van der Waals surface area contributed by atoms with Crippen molar-refractivity contribution in [2.75, 3.05) is 18.4 Å². The number of nitrogens with zero attached hydrogens (tertiary/aromatic N) is 3. The highest BCUT2D eigenvalue weighted by Crippen LogP contribution is 2.01. The van der Waals surface area contributed by atoms with E-state index in [1.807, 2.05) is 6.92 Å². The maximum Gasteiger partial charge on any atom is 0.271 e. The van der Waals surface area contributed by atoms with E-state index >= 15 is 0 Å². The molecule has 3 N–H and O–H groups in total. The molecular weight excluding hydrogens is 244 g/mol. The Morgan fingerprint density at radius 2 is 2.32 bits per heavy atom. The molecule has 0 spiro atoms. The molecule has 7 heteroatoms. The van der Waals surface area contributed by atoms with Gasteiger partial charge >= 0.3 is 0 Å². The summed E-state index contributed by atoms with van der Waals surface area (Å²) in [6, 6.07) is 0. The molecule has 0 fully saturated rings. The highest BCUT2D eigenvalue weighted by atomic mass is 16.1. The Labute approximate surface area is 110 Å². The monoisotopic (exact) mass is 260 g/mol. The summed E-state index contributed by atoms with van der Waals surface area (Å²) >= 11 is 0. The lowest BCUT2D eigenvalue weighted by Gasteiger charge is -2.05. The summed E-state index contributed by atoms with van der Waals surface area (Å²) in [6.07, 6.45) is 7.12. The van der Waals surface area contributed by atoms with Crippen LogP contribution in [0.2, 0.25) is 0 Å². The number of hydrogen-bond acceptors (Lipinski definition) is 5. The molecule has 2 heterocycles. The lowest BCUT2D eigenvalue weighted by atomic mass is 10.3. The smallest absolute Gasteiger partial charge is 0.271 e. The van der Waals surface area contributed by atoms with Gasteiger partial charge in [-0.1, -0.05) is 0 Å². The van der Waals surface area contributed by atoms with Crippen LogP contribution >= 0.6 is 0 Å². The minimum Gasteiger partial charge on any atom is -0.369 e. The van der Waals surface area contributed by atoms with Gasteiger partial charge in [0.05, 0.1) is 12.4 Å². The number of rotatable bonds is 6. The van der Waals surface area contributed by atoms with Crippen LogP contribution in [0, 0.1) is 0 Å². The van der Waals surface area contributed by atoms with Crippen LogP contribution < -0.4 is 10.6 Å². The SMILES string of the molecule is CCNc1cncc(C(=O)NCCc2ncc[nH]2)n1. The van der Waals surface area contributed by atoms with Gasteiger partial charge in [0, 0.05) is 31.9 Å². The van der Waals surface area contributed by atoms with Crippen molar-refractivity contribution in [1.82, 2.24) is 25.3 Å². The van der Waals surface area contributed by atoms with Crippen molar-refractivity contribution >= 4 is 11.7 Å². The summed E-state index contributed by atoms with van der Waals surface area (Å²) in [5, 5.41) is 5.79. The zero-order valence-electron chi connectivity index (χ0n) is 10.7. The van der Waals surface area contributed by atoms with Crippen LogP contribution in [-0.4, -0.2) is 38.9 Å². The highest BCUT2D eigenvalue weighted by molar-refractivity contribution is 5.92. The molecule has 0 bridgehead atoms. The molecule has 2 aromatic heterocycles. The van der Waals surface area contributed by atoms with Crippen molar-refractivity contribution in [2.45, 2.75) is 13.3 Å². The van der Waals surface area contributed by atoms with Gasteiger partial charge in [0.15, 0.2) is 0 Å². The van der Waals surface area contributed by atoms with E-state index in [1.54, 1.807) is 18.6 Å². The lowest BCUT2D eigenvalue weighted by Crippen LogP contribution is -2.27. The second-order valence-corrected chi connectivity index (χ2v) is 3.86. The minimum absolute atomic E-state index is 0.237. The topological polar surface area (TPSA) is 95.6 Å². The average molecular weight is 260 g/mol. The summed E-state index contributed by atoms with van der Waals surface area (Å²) in [6.45, 7) is 3.19. The Bertz CT molecular complexity index is 525. The molecule has 100 valence electrons. The molecule has 7 nitrogen and oxygen atoms in total. The summed E-state index contributed by atoms with van der Waals surface area (Å²) in [7, 11) is 0. The first-order valence-electron chi connectivity index (χ1n) is 6.12. The minimum atomic E-state index is -0.237. The van der Waals surface area contributed by atoms with E-state index in [-0.39, 0.29) is 5.91 Å². The van der Waals surface area contributed by atoms with E-state index in [9.17, 15) is 4.79 Å². The van der Waals surface area contributed by atoms with Gasteiger partial charge < -0.3 is 15.6 Å². The molecule has 0 atom stereocenters. The fourth-order valence-electron chi connectivity index (χ4n) is 1.56. The maximum absolute atomic E-state index is 11.9. The number of nitrogens with one attached hydrogen (secondary N) is 3. The number of H-pyrrole nitrogens is 1. The van der Waals surface area contributed by atoms with Gasteiger partial charge in [-0.15, -0.1) is 0 Å². The summed E-state index contributed by atoms with van der Waals surface area (Å²) in [5.74, 6) is 1.20. The second kappa shape index (κ2) is 6.48. The van der Waals surface area contributed by atoms with Crippen LogP contribution in [0.1, 0.15) is 23.2 Å². The number of imidazole rings is 1. The van der Waals surface area contributed by atoms with Crippen molar-refractivity contribution in [2.24, 2.45) is 0 Å². The third-order valence-electron chi connectivity index (χ3n) is 2.43. The molecule has 2 rings (SSSR count). The molecular formula is C12H16N6O. The van der Waals surface area contributed by atoms with Crippen LogP contribution in [0.3, 0.4) is 0 Å². The first-order valence-corrected chi connectivity index (χ1v) is 6.12. The molecule has 0 aromatic carbocycles. The number of hydrogen-bond donors (Lipinski definition) is 3. The van der Waals surface area contributed by atoms with Gasteiger partial charge in [-0.25, -0.2) is 9.97 Å². The number of anilines is 1. The zero-order valence-corrected chi connectivity index (χ0v) is 10.7. The largest absolute Gasteiger partial charge is 0.369 e. The van der Waals surface area contributed by atoms with E-state index in [4.69, 9.17) is 0 Å². The molecule has 0 saturated carbocycles. The van der Waals surface area contributed by atoms with E-state index in [0.29, 0.717) is 24.5 Å². The van der Waals surface area contributed by atoms with E-state index < -0.39 is 0 Å². The molecule has 19 heavy (non-hydrogen) atoms. The lowest BCUT2D eigenvalue weighted by molar-refractivity contribution is 0.0948. The maximum atomic E-state index is 11.9. The Balaban J connectivity index is 1.87. The Hall–Kier alpha value is -2.44. The van der Waals surface area contributed by atoms with Crippen LogP contribution in [0.15, 0.2) is 24.8 Å². The second-order valence-electron chi connectivity index (χ2n) is 3.86. The van der Waals surface area contributed by atoms with Gasteiger partial charge in [-0.2, -0.15) is 0 Å². The molecule has 0 aliphatic heterocycles. The number of amides is 1. The Kier molecular flexibility index (Phi) is 4.44. The molecule has 2 aromatic rings. The summed E-state index contributed by atoms with van der Waals surface area (Å²) < 4.78 is 0. The van der Waals surface area contributed by atoms with Gasteiger partial charge in [-0.05, 0) is 6.92 Å². The number of carbonyl (C=O) groups excluding carboxylic acids is 1. The van der Waals surface area contributed by atoms with Crippen molar-refractivity contribution in [3.8, 4) is 0 Å². The third kappa shape index (κ3) is 3.77. The zero-order chi connectivity index (χ0) is 13.5. The van der Waals surface area contributed by atoms with E-state index in [0.717, 1.165) is 12.4 Å². The molecule has 0 unspecified atom stereocenters. The Morgan fingerprint density at radius 3 is 3.05 bits per heavy atom. The van der Waals surface area contributed by atoms with Crippen LogP contribution in [-0.2, 0) is 6.42 Å². The van der Waals surface area contributed by atoms with Gasteiger partial charge in [0.25, 0.3) is 5.91 Å². The molecule has 0 aliphatic rings. The summed E-state index contributed by atoms with van der Waals surface area (Å²) in [5.41, 5.74) is 0.304. The van der Waals surface area contributed by atoms with Crippen molar-refractivity contribution in [3.63, 3.8) is 0 Å². The standard InChI is InChI=1S/C12H16N6O/c1-2-14-11-8-13-7-9(18-11)12(19)17-4-3-10-15-5-6-16-10/h5-8H,2-4H2,1H3,(H,14,18)(H,15,16)(H,17,19). The molecule has 1 amide bonds. The van der Waals surface area contributed by atoms with Crippen molar-refractivity contribution in [1.29, 1.82) is 0 Å². The predicted molar refractivity (Wildman–Crippen MR) is 70.8 cm³/mol. The third-order valence-corrected chi connectivity index (χ3v) is 2.43. The van der Waals surface area contributed by atoms with Crippen LogP contribution in [0.5, 0.6) is 0 Å². The number of aromatic amines is 1. The molecule has 0 aliphatic carbocycles. The first-order chi connectivity index (χ1) is 9.29. The first kappa shape index (κ1) is 13.0. The highest BCUT2D eigenvalue weighted by Gasteiger charge is 2.08. The fourth-order valence-corrected chi connectivity index (χ4v) is 1.56. The number of carbonyl (C=O) groups is 1. The summed E-state index contributed by atoms with van der Waals surface area (Å²) in [4.78, 5) is 27.1. The van der Waals surface area contributed by atoms with Gasteiger partial charge in [-0.3, -0.25) is 9.78 Å². The van der Waals surface area contributed by atoms with E-state index in [1.165, 1.54) is 6.20 Å². The van der Waals surface area contributed by atoms with Crippen LogP contribution in [0.25, 0.3) is 0 Å². The Morgan fingerprint density at radius 1 is 1.42 bits per heavy atom. The van der Waals surface area contributed by atoms with E-state index in [2.05, 4.69) is 30.6 Å². The van der Waals surface area contributed by atoms with Crippen molar-refractivity contribution < 1.29 is 4.79 Å².